The van der Waals surface area contributed by atoms with Gasteiger partial charge in [-0.1, -0.05) is 60.2 Å². The van der Waals surface area contributed by atoms with Gasteiger partial charge in [0.2, 0.25) is 5.89 Å². The third-order valence-electron chi connectivity index (χ3n) is 3.24. The van der Waals surface area contributed by atoms with E-state index in [1.807, 2.05) is 42.5 Å². The van der Waals surface area contributed by atoms with E-state index in [1.54, 1.807) is 6.26 Å². The molecule has 3 nitrogen and oxygen atoms in total. The summed E-state index contributed by atoms with van der Waals surface area (Å²) < 4.78 is 11.1. The predicted molar refractivity (Wildman–Crippen MR) is 81.6 cm³/mol. The molecule has 21 heavy (non-hydrogen) atoms. The van der Waals surface area contributed by atoms with Crippen LogP contribution in [0, 0.1) is 6.92 Å². The summed E-state index contributed by atoms with van der Waals surface area (Å²) in [6.45, 7) is 3.00. The summed E-state index contributed by atoms with van der Waals surface area (Å²) in [6.07, 6.45) is 1.67. The molecule has 3 aromatic rings. The van der Waals surface area contributed by atoms with E-state index in [0.29, 0.717) is 19.1 Å². The average Bonchev–Trinajstić information content (AvgIpc) is 2.98. The highest BCUT2D eigenvalue weighted by molar-refractivity contribution is 5.58. The Kier molecular flexibility index (Phi) is 4.12. The van der Waals surface area contributed by atoms with Gasteiger partial charge in [0.15, 0.2) is 0 Å². The molecule has 0 N–H and O–H groups in total. The van der Waals surface area contributed by atoms with Crippen LogP contribution in [0.2, 0.25) is 0 Å². The minimum Gasteiger partial charge on any atom is -0.446 e. The second-order valence-electron chi connectivity index (χ2n) is 4.97. The zero-order valence-corrected chi connectivity index (χ0v) is 12.0. The van der Waals surface area contributed by atoms with Crippen molar-refractivity contribution in [3.63, 3.8) is 0 Å². The van der Waals surface area contributed by atoms with Crippen molar-refractivity contribution in [2.24, 2.45) is 0 Å². The van der Waals surface area contributed by atoms with Gasteiger partial charge >= 0.3 is 0 Å². The van der Waals surface area contributed by atoms with E-state index in [-0.39, 0.29) is 0 Å². The van der Waals surface area contributed by atoms with E-state index < -0.39 is 0 Å². The fourth-order valence-electron chi connectivity index (χ4n) is 2.06. The van der Waals surface area contributed by atoms with Gasteiger partial charge in [-0.3, -0.25) is 0 Å². The molecule has 1 aromatic heterocycles. The largest absolute Gasteiger partial charge is 0.446 e. The number of nitrogens with zero attached hydrogens (tertiary/aromatic N) is 1. The van der Waals surface area contributed by atoms with Gasteiger partial charge in [-0.05, 0) is 12.5 Å². The lowest BCUT2D eigenvalue weighted by molar-refractivity contribution is 0.0895. The number of ether oxygens (including phenoxy) is 1. The quantitative estimate of drug-likeness (QED) is 0.695. The molecule has 0 amide bonds. The maximum absolute atomic E-state index is 5.62. The Morgan fingerprint density at radius 1 is 0.952 bits per heavy atom. The van der Waals surface area contributed by atoms with E-state index in [1.165, 1.54) is 5.56 Å². The zero-order chi connectivity index (χ0) is 14.5. The third-order valence-corrected chi connectivity index (χ3v) is 3.24. The molecule has 1 heterocycles. The van der Waals surface area contributed by atoms with Crippen LogP contribution < -0.4 is 0 Å². The molecule has 0 aliphatic rings. The first-order valence-electron chi connectivity index (χ1n) is 6.94. The Bertz CT molecular complexity index is 687. The van der Waals surface area contributed by atoms with Crippen LogP contribution in [0.1, 0.15) is 17.0 Å². The van der Waals surface area contributed by atoms with E-state index in [9.17, 15) is 0 Å². The van der Waals surface area contributed by atoms with Gasteiger partial charge in [0.05, 0.1) is 6.61 Å². The van der Waals surface area contributed by atoms with Crippen molar-refractivity contribution in [1.82, 2.24) is 4.98 Å². The maximum atomic E-state index is 5.62. The summed E-state index contributed by atoms with van der Waals surface area (Å²) in [5, 5.41) is 0. The van der Waals surface area contributed by atoms with E-state index in [0.717, 1.165) is 16.8 Å². The van der Waals surface area contributed by atoms with Crippen LogP contribution >= 0.6 is 0 Å². The highest BCUT2D eigenvalue weighted by Gasteiger charge is 2.06. The molecule has 0 bridgehead atoms. The van der Waals surface area contributed by atoms with Gasteiger partial charge in [-0.15, -0.1) is 0 Å². The third kappa shape index (κ3) is 3.58. The number of aromatic nitrogens is 1. The van der Waals surface area contributed by atoms with Gasteiger partial charge in [-0.25, -0.2) is 4.98 Å². The number of benzene rings is 2. The van der Waals surface area contributed by atoms with Crippen LogP contribution in [0.25, 0.3) is 11.3 Å². The van der Waals surface area contributed by atoms with Crippen LogP contribution in [0.3, 0.4) is 0 Å². The number of aryl methyl sites for hydroxylation is 1. The molecule has 0 radical (unpaired) electrons. The van der Waals surface area contributed by atoms with Gasteiger partial charge in [-0.2, -0.15) is 0 Å². The lowest BCUT2D eigenvalue weighted by atomic mass is 10.1. The smallest absolute Gasteiger partial charge is 0.220 e. The van der Waals surface area contributed by atoms with Gasteiger partial charge in [0.25, 0.3) is 0 Å². The minimum absolute atomic E-state index is 0.376. The molecule has 0 atom stereocenters. The van der Waals surface area contributed by atoms with Crippen molar-refractivity contribution < 1.29 is 9.15 Å². The monoisotopic (exact) mass is 279 g/mol. The molecule has 106 valence electrons. The summed E-state index contributed by atoms with van der Waals surface area (Å²) in [4.78, 5) is 4.45. The molecule has 0 saturated carbocycles. The van der Waals surface area contributed by atoms with Gasteiger partial charge in [0, 0.05) is 5.56 Å². The van der Waals surface area contributed by atoms with Gasteiger partial charge in [0.1, 0.15) is 18.6 Å². The Morgan fingerprint density at radius 3 is 2.48 bits per heavy atom. The number of rotatable bonds is 5. The average molecular weight is 279 g/mol. The maximum Gasteiger partial charge on any atom is 0.220 e. The molecule has 0 fully saturated rings. The number of hydrogen-bond donors (Lipinski definition) is 0. The normalized spacial score (nSPS) is 10.7. The van der Waals surface area contributed by atoms with Gasteiger partial charge < -0.3 is 9.15 Å². The van der Waals surface area contributed by atoms with Crippen LogP contribution in [0.4, 0.5) is 0 Å². The Balaban J connectivity index is 1.59. The van der Waals surface area contributed by atoms with E-state index in [2.05, 4.69) is 24.0 Å². The van der Waals surface area contributed by atoms with E-state index in [4.69, 9.17) is 9.15 Å². The molecular weight excluding hydrogens is 262 g/mol. The number of hydrogen-bond acceptors (Lipinski definition) is 3. The second-order valence-corrected chi connectivity index (χ2v) is 4.97. The first-order valence-corrected chi connectivity index (χ1v) is 6.94. The van der Waals surface area contributed by atoms with Crippen molar-refractivity contribution in [3.05, 3.63) is 77.9 Å². The summed E-state index contributed by atoms with van der Waals surface area (Å²) >= 11 is 0. The summed E-state index contributed by atoms with van der Waals surface area (Å²) in [6, 6.07) is 18.3. The molecule has 0 spiro atoms. The highest BCUT2D eigenvalue weighted by atomic mass is 16.5. The van der Waals surface area contributed by atoms with E-state index >= 15 is 0 Å². The fourth-order valence-corrected chi connectivity index (χ4v) is 2.06. The summed E-state index contributed by atoms with van der Waals surface area (Å²) in [5.74, 6) is 0.599. The topological polar surface area (TPSA) is 35.3 Å². The fraction of sp³-hybridized carbons (Fsp3) is 0.167. The molecule has 0 aliphatic heterocycles. The van der Waals surface area contributed by atoms with Crippen molar-refractivity contribution in [2.75, 3.05) is 0 Å². The summed E-state index contributed by atoms with van der Waals surface area (Å²) in [5.41, 5.74) is 4.27. The first kappa shape index (κ1) is 13.6. The zero-order valence-electron chi connectivity index (χ0n) is 12.0. The molecule has 3 rings (SSSR count). The van der Waals surface area contributed by atoms with Crippen LogP contribution in [-0.2, 0) is 18.0 Å². The van der Waals surface area contributed by atoms with Crippen LogP contribution in [0.5, 0.6) is 0 Å². The van der Waals surface area contributed by atoms with Crippen molar-refractivity contribution in [1.29, 1.82) is 0 Å². The minimum atomic E-state index is 0.376. The number of oxazole rings is 1. The highest BCUT2D eigenvalue weighted by Crippen LogP contribution is 2.19. The molecule has 0 unspecified atom stereocenters. The molecule has 0 aliphatic carbocycles. The molecule has 0 saturated heterocycles. The second kappa shape index (κ2) is 6.37. The molecular formula is C18H17NO2. The Labute approximate surface area is 124 Å². The lowest BCUT2D eigenvalue weighted by Gasteiger charge is -2.01. The van der Waals surface area contributed by atoms with Crippen LogP contribution in [0.15, 0.2) is 65.3 Å². The predicted octanol–water partition coefficient (Wildman–Crippen LogP) is 4.37. The Hall–Kier alpha value is -2.39. The summed E-state index contributed by atoms with van der Waals surface area (Å²) in [7, 11) is 0. The lowest BCUT2D eigenvalue weighted by Crippen LogP contribution is -1.94. The van der Waals surface area contributed by atoms with Crippen molar-refractivity contribution >= 4 is 0 Å². The molecule has 3 heteroatoms. The standard InChI is InChI=1S/C18H17NO2/c1-14-7-9-16(10-8-14)17-12-21-18(19-17)13-20-11-15-5-3-2-4-6-15/h2-10,12H,11,13H2,1H3. The van der Waals surface area contributed by atoms with Crippen molar-refractivity contribution in [3.8, 4) is 11.3 Å². The molecule has 2 aromatic carbocycles. The Morgan fingerprint density at radius 2 is 1.71 bits per heavy atom. The first-order chi connectivity index (χ1) is 10.3. The van der Waals surface area contributed by atoms with Crippen molar-refractivity contribution in [2.45, 2.75) is 20.1 Å². The van der Waals surface area contributed by atoms with Crippen LogP contribution in [-0.4, -0.2) is 4.98 Å². The SMILES string of the molecule is Cc1ccc(-c2coc(COCc3ccccc3)n2)cc1.